The quantitative estimate of drug-likeness (QED) is 0.398. The van der Waals surface area contributed by atoms with Crippen LogP contribution in [-0.4, -0.2) is 50.7 Å². The molecular weight excluding hydrogens is 490 g/mol. The van der Waals surface area contributed by atoms with Crippen LogP contribution >= 0.6 is 24.0 Å². The third-order valence-electron chi connectivity index (χ3n) is 7.73. The zero-order chi connectivity index (χ0) is 25.0. The van der Waals surface area contributed by atoms with Crippen LogP contribution in [0.15, 0.2) is 30.6 Å². The van der Waals surface area contributed by atoms with E-state index in [2.05, 4.69) is 63.2 Å². The first kappa shape index (κ1) is 23.8. The highest BCUT2D eigenvalue weighted by Crippen LogP contribution is 2.40. The smallest absolute Gasteiger partial charge is 0.243 e. The number of aryl methyl sites for hydroxylation is 2. The van der Waals surface area contributed by atoms with Gasteiger partial charge < -0.3 is 0 Å². The van der Waals surface area contributed by atoms with Crippen molar-refractivity contribution in [3.8, 4) is 0 Å². The van der Waals surface area contributed by atoms with Crippen LogP contribution in [0.5, 0.6) is 0 Å². The minimum absolute atomic E-state index is 0.144. The van der Waals surface area contributed by atoms with Gasteiger partial charge in [-0.1, -0.05) is 24.3 Å². The highest BCUT2D eigenvalue weighted by molar-refractivity contribution is 7.80. The van der Waals surface area contributed by atoms with E-state index < -0.39 is 0 Å². The van der Waals surface area contributed by atoms with Crippen LogP contribution in [-0.2, 0) is 22.7 Å². The third-order valence-corrected chi connectivity index (χ3v) is 9.42. The minimum atomic E-state index is -0.310. The zero-order valence-electron chi connectivity index (χ0n) is 20.5. The number of fused-ring (bicyclic) bond motifs is 2. The summed E-state index contributed by atoms with van der Waals surface area (Å²) in [4.78, 5) is 40.1. The molecule has 2 unspecified atom stereocenters. The molecule has 0 aliphatic carbocycles. The largest absolute Gasteiger partial charge is 0.295 e. The molecule has 3 aromatic rings. The summed E-state index contributed by atoms with van der Waals surface area (Å²) in [5, 5.41) is 3.54. The van der Waals surface area contributed by atoms with Crippen LogP contribution in [0, 0.1) is 13.8 Å². The molecule has 36 heavy (non-hydrogen) atoms. The minimum Gasteiger partial charge on any atom is -0.295 e. The molecular formula is C27H29N5O2S2. The van der Waals surface area contributed by atoms with Gasteiger partial charge in [0.25, 0.3) is 0 Å². The number of thiol groups is 1. The van der Waals surface area contributed by atoms with Crippen molar-refractivity contribution >= 4 is 51.6 Å². The van der Waals surface area contributed by atoms with Gasteiger partial charge in [0.15, 0.2) is 0 Å². The molecule has 5 heterocycles. The second kappa shape index (κ2) is 9.37. The number of hydrogen-bond donors (Lipinski definition) is 2. The molecule has 1 N–H and O–H groups in total. The molecule has 0 saturated carbocycles. The van der Waals surface area contributed by atoms with Crippen LogP contribution in [0.4, 0.5) is 0 Å². The third kappa shape index (κ3) is 4.18. The van der Waals surface area contributed by atoms with Gasteiger partial charge in [0.2, 0.25) is 11.8 Å². The van der Waals surface area contributed by atoms with Gasteiger partial charge in [0, 0.05) is 42.9 Å². The molecule has 2 atom stereocenters. The second-order valence-electron chi connectivity index (χ2n) is 9.95. The van der Waals surface area contributed by atoms with E-state index in [4.69, 9.17) is 12.6 Å². The van der Waals surface area contributed by atoms with Gasteiger partial charge in [0.1, 0.15) is 11.2 Å². The summed E-state index contributed by atoms with van der Waals surface area (Å²) in [6.07, 6.45) is 5.90. The Hall–Kier alpha value is -2.59. The molecule has 0 radical (unpaired) electrons. The summed E-state index contributed by atoms with van der Waals surface area (Å²) < 4.78 is 0. The number of piperidine rings is 1. The summed E-state index contributed by atoms with van der Waals surface area (Å²) in [5.41, 5.74) is 7.32. The van der Waals surface area contributed by atoms with E-state index in [1.54, 1.807) is 17.7 Å². The van der Waals surface area contributed by atoms with Gasteiger partial charge in [-0.3, -0.25) is 24.7 Å². The molecule has 7 nitrogen and oxygen atoms in total. The lowest BCUT2D eigenvalue weighted by atomic mass is 9.99. The normalized spacial score (nSPS) is 23.1. The summed E-state index contributed by atoms with van der Waals surface area (Å²) in [5.74, 6) is -0.391. The van der Waals surface area contributed by atoms with Crippen molar-refractivity contribution in [2.45, 2.75) is 57.6 Å². The number of carbonyl (C=O) groups is 2. The first-order chi connectivity index (χ1) is 17.4. The van der Waals surface area contributed by atoms with Crippen molar-refractivity contribution < 1.29 is 9.59 Å². The van der Waals surface area contributed by atoms with Crippen LogP contribution in [0.2, 0.25) is 0 Å². The second-order valence-corrected chi connectivity index (χ2v) is 11.6. The number of nitrogens with zero attached hydrogens (tertiary/aromatic N) is 4. The first-order valence-corrected chi connectivity index (χ1v) is 13.7. The fourth-order valence-electron chi connectivity index (χ4n) is 5.62. The predicted octanol–water partition coefficient (Wildman–Crippen LogP) is 4.15. The number of aromatic nitrogens is 2. The number of hydrogen-bond acceptors (Lipinski definition) is 8. The number of nitrogens with one attached hydrogen (secondary N) is 1. The van der Waals surface area contributed by atoms with Crippen molar-refractivity contribution in [3.05, 3.63) is 63.4 Å². The lowest BCUT2D eigenvalue weighted by Gasteiger charge is -2.32. The molecule has 6 rings (SSSR count). The highest BCUT2D eigenvalue weighted by Gasteiger charge is 2.39. The number of imide groups is 1. The number of amides is 2. The number of carbonyl (C=O) groups excluding carboxylic acids is 2. The Balaban J connectivity index is 1.15. The monoisotopic (exact) mass is 519 g/mol. The Morgan fingerprint density at radius 1 is 1.19 bits per heavy atom. The summed E-state index contributed by atoms with van der Waals surface area (Å²) >= 11 is 6.61. The SMILES string of the molecule is Cc1sc2ncnc(C3=CCN(Cc4ccc5c(c4)C(S)N(C4CCC(=O)NC4=O)C5)CC3)c2c1C. The van der Waals surface area contributed by atoms with E-state index >= 15 is 0 Å². The van der Waals surface area contributed by atoms with Gasteiger partial charge in [-0.2, -0.15) is 12.6 Å². The lowest BCUT2D eigenvalue weighted by Crippen LogP contribution is -2.51. The van der Waals surface area contributed by atoms with Crippen LogP contribution in [0.1, 0.15) is 57.5 Å². The van der Waals surface area contributed by atoms with Crippen molar-refractivity contribution in [3.63, 3.8) is 0 Å². The maximum atomic E-state index is 12.4. The maximum Gasteiger partial charge on any atom is 0.243 e. The number of benzene rings is 1. The Bertz CT molecular complexity index is 1410. The lowest BCUT2D eigenvalue weighted by molar-refractivity contribution is -0.137. The van der Waals surface area contributed by atoms with Crippen LogP contribution < -0.4 is 5.32 Å². The number of thiophene rings is 1. The molecule has 3 aliphatic rings. The van der Waals surface area contributed by atoms with E-state index in [0.29, 0.717) is 19.4 Å². The fraction of sp³-hybridized carbons (Fsp3) is 0.407. The molecule has 0 spiro atoms. The molecule has 1 aromatic carbocycles. The van der Waals surface area contributed by atoms with E-state index in [1.165, 1.54) is 38.1 Å². The fourth-order valence-corrected chi connectivity index (χ4v) is 7.10. The Morgan fingerprint density at radius 3 is 2.83 bits per heavy atom. The van der Waals surface area contributed by atoms with Gasteiger partial charge >= 0.3 is 0 Å². The standard InChI is InChI=1S/C27H29N5O2S2/c1-15-16(2)36-26-23(15)24(28-14-29-26)18-7-9-31(10-8-18)12-17-3-4-19-13-32(27(35)20(19)11-17)21-5-6-22(33)30-25(21)34/h3-4,7,11,14,21,27,35H,5-6,8-10,12-13H2,1-2H3,(H,30,33,34). The van der Waals surface area contributed by atoms with Gasteiger partial charge in [-0.15, -0.1) is 11.3 Å². The maximum absolute atomic E-state index is 12.4. The molecule has 2 aromatic heterocycles. The van der Waals surface area contributed by atoms with Crippen LogP contribution in [0.3, 0.4) is 0 Å². The summed E-state index contributed by atoms with van der Waals surface area (Å²) in [6.45, 7) is 7.72. The molecule has 186 valence electrons. The molecule has 3 aliphatic heterocycles. The van der Waals surface area contributed by atoms with Crippen molar-refractivity contribution in [1.82, 2.24) is 25.1 Å². The molecule has 2 amide bonds. The Morgan fingerprint density at radius 2 is 2.06 bits per heavy atom. The van der Waals surface area contributed by atoms with Gasteiger partial charge in [-0.25, -0.2) is 9.97 Å². The van der Waals surface area contributed by atoms with E-state index in [1.807, 2.05) is 0 Å². The Kier molecular flexibility index (Phi) is 6.19. The highest BCUT2D eigenvalue weighted by atomic mass is 32.1. The summed E-state index contributed by atoms with van der Waals surface area (Å²) in [7, 11) is 0. The van der Waals surface area contributed by atoms with Crippen molar-refractivity contribution in [2.75, 3.05) is 13.1 Å². The molecule has 9 heteroatoms. The topological polar surface area (TPSA) is 78.4 Å². The van der Waals surface area contributed by atoms with E-state index in [0.717, 1.165) is 36.6 Å². The average molecular weight is 520 g/mol. The van der Waals surface area contributed by atoms with Gasteiger partial charge in [0.05, 0.1) is 17.1 Å². The average Bonchev–Trinajstić information content (AvgIpc) is 3.35. The van der Waals surface area contributed by atoms with Gasteiger partial charge in [-0.05, 0) is 54.5 Å². The van der Waals surface area contributed by atoms with Crippen LogP contribution in [0.25, 0.3) is 15.8 Å². The summed E-state index contributed by atoms with van der Waals surface area (Å²) in [6, 6.07) is 6.29. The molecule has 0 bridgehead atoms. The Labute approximate surface area is 220 Å². The number of rotatable bonds is 4. The first-order valence-electron chi connectivity index (χ1n) is 12.4. The predicted molar refractivity (Wildman–Crippen MR) is 145 cm³/mol. The molecule has 1 saturated heterocycles. The van der Waals surface area contributed by atoms with Crippen molar-refractivity contribution in [2.24, 2.45) is 0 Å². The molecule has 1 fully saturated rings. The van der Waals surface area contributed by atoms with Crippen molar-refractivity contribution in [1.29, 1.82) is 0 Å². The van der Waals surface area contributed by atoms with E-state index in [-0.39, 0.29) is 23.2 Å². The zero-order valence-corrected chi connectivity index (χ0v) is 22.2. The van der Waals surface area contributed by atoms with E-state index in [9.17, 15) is 9.59 Å².